The summed E-state index contributed by atoms with van der Waals surface area (Å²) in [6, 6.07) is 5.53. The summed E-state index contributed by atoms with van der Waals surface area (Å²) >= 11 is 0. The molecule has 7 nitrogen and oxygen atoms in total. The van der Waals surface area contributed by atoms with E-state index in [1.165, 1.54) is 17.8 Å². The van der Waals surface area contributed by atoms with Crippen molar-refractivity contribution in [1.82, 2.24) is 14.9 Å². The normalized spacial score (nSPS) is 18.2. The second kappa shape index (κ2) is 5.91. The third-order valence-electron chi connectivity index (χ3n) is 4.28. The number of carbonyl (C=O) groups is 1. The zero-order valence-corrected chi connectivity index (χ0v) is 14.7. The lowest BCUT2D eigenvalue weighted by molar-refractivity contribution is 0.0618. The minimum Gasteiger partial charge on any atom is -0.487 e. The van der Waals surface area contributed by atoms with Gasteiger partial charge in [0.05, 0.1) is 6.04 Å². The summed E-state index contributed by atoms with van der Waals surface area (Å²) in [5.74, 6) is 0.210. The molecule has 1 amide bonds. The third kappa shape index (κ3) is 3.35. The average Bonchev–Trinajstić information content (AvgIpc) is 2.49. The standard InChI is InChI=1S/C18H21N3O4/c1-10-5-6-11-13(8-18(2,3)25-14(11)7-10)19-15(22)12-9-21(4)17(24)20-16(12)23/h5-7,9,13H,8H2,1-4H3,(H,19,22)(H,20,23,24)/t13-/m1/s1. The van der Waals surface area contributed by atoms with E-state index in [2.05, 4.69) is 10.3 Å². The van der Waals surface area contributed by atoms with E-state index in [4.69, 9.17) is 4.74 Å². The Kier molecular flexibility index (Phi) is 4.02. The summed E-state index contributed by atoms with van der Waals surface area (Å²) in [7, 11) is 1.48. The molecular weight excluding hydrogens is 322 g/mol. The Labute approximate surface area is 144 Å². The van der Waals surface area contributed by atoms with Gasteiger partial charge in [0, 0.05) is 25.2 Å². The predicted octanol–water partition coefficient (Wildman–Crippen LogP) is 1.41. The van der Waals surface area contributed by atoms with Crippen molar-refractivity contribution in [3.05, 3.63) is 61.9 Å². The Hall–Kier alpha value is -2.83. The SMILES string of the molecule is Cc1ccc2c(c1)OC(C)(C)C[C@H]2NC(=O)c1cn(C)c(=O)[nH]c1=O. The monoisotopic (exact) mass is 343 g/mol. The number of aromatic nitrogens is 2. The number of hydrogen-bond donors (Lipinski definition) is 2. The zero-order valence-electron chi connectivity index (χ0n) is 14.7. The lowest BCUT2D eigenvalue weighted by Crippen LogP contribution is -2.43. The summed E-state index contributed by atoms with van der Waals surface area (Å²) in [6.45, 7) is 5.88. The molecule has 0 spiro atoms. The van der Waals surface area contributed by atoms with Gasteiger partial charge in [0.15, 0.2) is 0 Å². The third-order valence-corrected chi connectivity index (χ3v) is 4.28. The zero-order chi connectivity index (χ0) is 18.4. The molecule has 2 aromatic rings. The number of ether oxygens (including phenoxy) is 1. The van der Waals surface area contributed by atoms with Gasteiger partial charge in [0.1, 0.15) is 16.9 Å². The summed E-state index contributed by atoms with van der Waals surface area (Å²) < 4.78 is 7.18. The number of aromatic amines is 1. The topological polar surface area (TPSA) is 93.2 Å². The largest absolute Gasteiger partial charge is 0.487 e. The Balaban J connectivity index is 1.95. The van der Waals surface area contributed by atoms with Gasteiger partial charge in [-0.25, -0.2) is 4.79 Å². The number of carbonyl (C=O) groups excluding carboxylic acids is 1. The molecule has 0 aliphatic carbocycles. The molecule has 0 saturated carbocycles. The molecule has 1 atom stereocenters. The predicted molar refractivity (Wildman–Crippen MR) is 93.0 cm³/mol. The van der Waals surface area contributed by atoms with Crippen LogP contribution in [0.15, 0.2) is 34.0 Å². The van der Waals surface area contributed by atoms with Crippen molar-refractivity contribution in [2.24, 2.45) is 7.05 Å². The van der Waals surface area contributed by atoms with E-state index in [-0.39, 0.29) is 11.6 Å². The summed E-state index contributed by atoms with van der Waals surface area (Å²) in [5.41, 5.74) is 0.135. The van der Waals surface area contributed by atoms with Crippen LogP contribution in [0.5, 0.6) is 5.75 Å². The molecule has 2 heterocycles. The summed E-state index contributed by atoms with van der Waals surface area (Å²) in [4.78, 5) is 38.1. The van der Waals surface area contributed by atoms with Gasteiger partial charge >= 0.3 is 5.69 Å². The number of amides is 1. The van der Waals surface area contributed by atoms with Crippen LogP contribution in [0.4, 0.5) is 0 Å². The molecule has 1 aromatic carbocycles. The lowest BCUT2D eigenvalue weighted by atomic mass is 9.89. The molecule has 0 unspecified atom stereocenters. The highest BCUT2D eigenvalue weighted by molar-refractivity contribution is 5.93. The van der Waals surface area contributed by atoms with Gasteiger partial charge in [0.25, 0.3) is 11.5 Å². The molecule has 2 N–H and O–H groups in total. The summed E-state index contributed by atoms with van der Waals surface area (Å²) in [5, 5.41) is 2.90. The fourth-order valence-corrected chi connectivity index (χ4v) is 3.05. The molecule has 0 fully saturated rings. The van der Waals surface area contributed by atoms with Crippen molar-refractivity contribution in [3.63, 3.8) is 0 Å². The number of rotatable bonds is 2. The maximum atomic E-state index is 12.6. The smallest absolute Gasteiger partial charge is 0.328 e. The molecule has 7 heteroatoms. The number of fused-ring (bicyclic) bond motifs is 1. The van der Waals surface area contributed by atoms with Gasteiger partial charge in [-0.3, -0.25) is 14.6 Å². The first-order chi connectivity index (χ1) is 11.7. The van der Waals surface area contributed by atoms with Crippen LogP contribution in [0, 0.1) is 6.92 Å². The van der Waals surface area contributed by atoms with Gasteiger partial charge < -0.3 is 14.6 Å². The van der Waals surface area contributed by atoms with E-state index in [9.17, 15) is 14.4 Å². The van der Waals surface area contributed by atoms with Crippen LogP contribution in [0.3, 0.4) is 0 Å². The second-order valence-electron chi connectivity index (χ2n) is 7.05. The molecular formula is C18H21N3O4. The van der Waals surface area contributed by atoms with Crippen molar-refractivity contribution in [2.75, 3.05) is 0 Å². The number of aryl methyl sites for hydroxylation is 2. The van der Waals surface area contributed by atoms with Crippen LogP contribution in [0.2, 0.25) is 0 Å². The van der Waals surface area contributed by atoms with E-state index in [1.54, 1.807) is 0 Å². The van der Waals surface area contributed by atoms with Crippen LogP contribution in [0.25, 0.3) is 0 Å². The van der Waals surface area contributed by atoms with Crippen LogP contribution in [-0.2, 0) is 7.05 Å². The lowest BCUT2D eigenvalue weighted by Gasteiger charge is -2.38. The quantitative estimate of drug-likeness (QED) is 0.862. The number of H-pyrrole nitrogens is 1. The van der Waals surface area contributed by atoms with Crippen molar-refractivity contribution in [1.29, 1.82) is 0 Å². The van der Waals surface area contributed by atoms with Gasteiger partial charge in [-0.05, 0) is 32.4 Å². The highest BCUT2D eigenvalue weighted by atomic mass is 16.5. The Morgan fingerprint density at radius 3 is 2.80 bits per heavy atom. The fraction of sp³-hybridized carbons (Fsp3) is 0.389. The van der Waals surface area contributed by atoms with Crippen molar-refractivity contribution < 1.29 is 9.53 Å². The number of hydrogen-bond acceptors (Lipinski definition) is 4. The van der Waals surface area contributed by atoms with Gasteiger partial charge in [0.2, 0.25) is 0 Å². The minimum absolute atomic E-state index is 0.0972. The highest BCUT2D eigenvalue weighted by Gasteiger charge is 2.35. The molecule has 0 saturated heterocycles. The first-order valence-electron chi connectivity index (χ1n) is 8.07. The molecule has 0 radical (unpaired) electrons. The maximum Gasteiger partial charge on any atom is 0.328 e. The molecule has 0 bridgehead atoms. The first kappa shape index (κ1) is 17.0. The molecule has 1 aliphatic rings. The van der Waals surface area contributed by atoms with E-state index in [0.717, 1.165) is 16.9 Å². The number of nitrogens with one attached hydrogen (secondary N) is 2. The highest BCUT2D eigenvalue weighted by Crippen LogP contribution is 2.39. The molecule has 1 aliphatic heterocycles. The number of benzene rings is 1. The summed E-state index contributed by atoms with van der Waals surface area (Å²) in [6.07, 6.45) is 1.81. The van der Waals surface area contributed by atoms with Crippen LogP contribution in [-0.4, -0.2) is 21.1 Å². The van der Waals surface area contributed by atoms with Crippen molar-refractivity contribution >= 4 is 5.91 Å². The maximum absolute atomic E-state index is 12.6. The Bertz CT molecular complexity index is 956. The van der Waals surface area contributed by atoms with E-state index in [1.807, 2.05) is 39.0 Å². The fourth-order valence-electron chi connectivity index (χ4n) is 3.05. The van der Waals surface area contributed by atoms with Crippen LogP contribution in [0.1, 0.15) is 47.8 Å². The molecule has 132 valence electrons. The van der Waals surface area contributed by atoms with Crippen molar-refractivity contribution in [3.8, 4) is 5.75 Å². The minimum atomic E-state index is -0.698. The van der Waals surface area contributed by atoms with Gasteiger partial charge in [-0.15, -0.1) is 0 Å². The second-order valence-corrected chi connectivity index (χ2v) is 7.05. The van der Waals surface area contributed by atoms with Crippen molar-refractivity contribution in [2.45, 2.75) is 38.8 Å². The Morgan fingerprint density at radius 2 is 2.08 bits per heavy atom. The van der Waals surface area contributed by atoms with Crippen LogP contribution >= 0.6 is 0 Å². The van der Waals surface area contributed by atoms with E-state index < -0.39 is 22.8 Å². The number of nitrogens with zero attached hydrogens (tertiary/aromatic N) is 1. The Morgan fingerprint density at radius 1 is 1.36 bits per heavy atom. The average molecular weight is 343 g/mol. The van der Waals surface area contributed by atoms with E-state index >= 15 is 0 Å². The molecule has 1 aromatic heterocycles. The van der Waals surface area contributed by atoms with Gasteiger partial charge in [-0.1, -0.05) is 12.1 Å². The van der Waals surface area contributed by atoms with Crippen LogP contribution < -0.4 is 21.3 Å². The first-order valence-corrected chi connectivity index (χ1v) is 8.07. The molecule has 3 rings (SSSR count). The van der Waals surface area contributed by atoms with E-state index in [0.29, 0.717) is 6.42 Å². The molecule has 25 heavy (non-hydrogen) atoms. The van der Waals surface area contributed by atoms with Gasteiger partial charge in [-0.2, -0.15) is 0 Å².